The minimum atomic E-state index is -2.61. The maximum Gasteiger partial charge on any atom is 0.261 e. The predicted molar refractivity (Wildman–Crippen MR) is 114 cm³/mol. The van der Waals surface area contributed by atoms with Crippen molar-refractivity contribution in [3.8, 4) is 5.75 Å². The van der Waals surface area contributed by atoms with Crippen molar-refractivity contribution in [2.24, 2.45) is 0 Å². The highest BCUT2D eigenvalue weighted by Gasteiger charge is 2.44. The fraction of sp³-hybridized carbons (Fsp3) is 0.583. The number of rotatable bonds is 4. The van der Waals surface area contributed by atoms with Gasteiger partial charge in [0.05, 0.1) is 6.54 Å². The highest BCUT2D eigenvalue weighted by atomic mass is 19.3. The minimum absolute atomic E-state index is 0.0115. The monoisotopic (exact) mass is 445 g/mol. The molecule has 1 saturated carbocycles. The molecule has 8 heteroatoms. The second-order valence-electron chi connectivity index (χ2n) is 9.48. The van der Waals surface area contributed by atoms with Crippen LogP contribution >= 0.6 is 0 Å². The average molecular weight is 446 g/mol. The molecule has 1 aliphatic carbocycles. The lowest BCUT2D eigenvalue weighted by atomic mass is 9.91. The Hall–Kier alpha value is -2.48. The summed E-state index contributed by atoms with van der Waals surface area (Å²) in [4.78, 5) is 28.8. The zero-order valence-electron chi connectivity index (χ0n) is 18.1. The van der Waals surface area contributed by atoms with Crippen LogP contribution in [-0.4, -0.2) is 58.8 Å². The molecule has 1 aromatic carbocycles. The summed E-state index contributed by atoms with van der Waals surface area (Å²) in [5.74, 6) is -2.29. The second kappa shape index (κ2) is 8.14. The lowest BCUT2D eigenvalue weighted by molar-refractivity contribution is -0.126. The fourth-order valence-electron chi connectivity index (χ4n) is 5.56. The van der Waals surface area contributed by atoms with E-state index in [9.17, 15) is 18.4 Å². The molecule has 1 aromatic rings. The number of piperidine rings is 1. The van der Waals surface area contributed by atoms with Crippen LogP contribution in [0.2, 0.25) is 0 Å². The number of allylic oxidation sites excluding steroid dienone is 1. The molecule has 3 aliphatic heterocycles. The molecular formula is C24H29F2N3O3. The highest BCUT2D eigenvalue weighted by molar-refractivity contribution is 6.01. The number of nitrogens with zero attached hydrogens (tertiary/aromatic N) is 2. The summed E-state index contributed by atoms with van der Waals surface area (Å²) in [7, 11) is 0. The van der Waals surface area contributed by atoms with E-state index in [0.717, 1.165) is 31.2 Å². The number of fused-ring (bicyclic) bond motifs is 1. The van der Waals surface area contributed by atoms with Crippen molar-refractivity contribution in [3.05, 3.63) is 41.6 Å². The van der Waals surface area contributed by atoms with E-state index in [0.29, 0.717) is 42.9 Å². The van der Waals surface area contributed by atoms with Crippen LogP contribution in [0.3, 0.4) is 0 Å². The Morgan fingerprint density at radius 3 is 2.72 bits per heavy atom. The fourth-order valence-corrected chi connectivity index (χ4v) is 5.56. The number of nitrogens with one attached hydrogen (secondary N) is 1. The Kier molecular flexibility index (Phi) is 5.43. The third kappa shape index (κ3) is 4.00. The number of hydrogen-bond donors (Lipinski definition) is 1. The molecule has 3 unspecified atom stereocenters. The van der Waals surface area contributed by atoms with Gasteiger partial charge in [-0.05, 0) is 55.9 Å². The molecule has 172 valence electrons. The Balaban J connectivity index is 1.29. The quantitative estimate of drug-likeness (QED) is 0.771. The molecule has 4 aliphatic rings. The van der Waals surface area contributed by atoms with Crippen molar-refractivity contribution in [2.75, 3.05) is 13.1 Å². The molecule has 32 heavy (non-hydrogen) atoms. The molecule has 3 atom stereocenters. The van der Waals surface area contributed by atoms with Crippen molar-refractivity contribution < 1.29 is 23.1 Å². The van der Waals surface area contributed by atoms with Crippen molar-refractivity contribution in [2.45, 2.75) is 75.6 Å². The Bertz CT molecular complexity index is 950. The van der Waals surface area contributed by atoms with Gasteiger partial charge in [-0.3, -0.25) is 14.5 Å². The molecule has 3 fully saturated rings. The van der Waals surface area contributed by atoms with Crippen molar-refractivity contribution in [1.82, 2.24) is 15.1 Å². The van der Waals surface area contributed by atoms with Gasteiger partial charge in [0.2, 0.25) is 5.91 Å². The van der Waals surface area contributed by atoms with Gasteiger partial charge in [0.1, 0.15) is 17.9 Å². The first-order valence-corrected chi connectivity index (χ1v) is 11.5. The van der Waals surface area contributed by atoms with Gasteiger partial charge in [0.25, 0.3) is 11.8 Å². The first kappa shape index (κ1) is 21.4. The van der Waals surface area contributed by atoms with Crippen LogP contribution in [0, 0.1) is 0 Å². The molecule has 0 radical (unpaired) electrons. The van der Waals surface area contributed by atoms with Crippen LogP contribution in [0.5, 0.6) is 5.75 Å². The van der Waals surface area contributed by atoms with E-state index in [1.54, 1.807) is 17.0 Å². The lowest BCUT2D eigenvalue weighted by Crippen LogP contribution is -2.49. The van der Waals surface area contributed by atoms with Crippen molar-refractivity contribution in [3.63, 3.8) is 0 Å². The van der Waals surface area contributed by atoms with E-state index >= 15 is 0 Å². The molecule has 0 bridgehead atoms. The lowest BCUT2D eigenvalue weighted by Gasteiger charge is -2.37. The van der Waals surface area contributed by atoms with E-state index in [4.69, 9.17) is 4.74 Å². The molecule has 2 saturated heterocycles. The maximum absolute atomic E-state index is 13.8. The summed E-state index contributed by atoms with van der Waals surface area (Å²) in [5.41, 5.74) is 2.11. The predicted octanol–water partition coefficient (Wildman–Crippen LogP) is 3.47. The summed E-state index contributed by atoms with van der Waals surface area (Å²) in [5, 5.41) is 2.75. The van der Waals surface area contributed by atoms with Gasteiger partial charge in [-0.2, -0.15) is 0 Å². The second-order valence-corrected chi connectivity index (χ2v) is 9.48. The topological polar surface area (TPSA) is 61.9 Å². The SMILES string of the molecule is C=C1CCC(N2Cc3cc(OC4CCCCC4N4CCC(F)(F)C4)ccc3C2=O)C(=O)N1. The first-order chi connectivity index (χ1) is 15.3. The Morgan fingerprint density at radius 2 is 1.97 bits per heavy atom. The summed E-state index contributed by atoms with van der Waals surface area (Å²) in [6.07, 6.45) is 4.73. The standard InChI is InChI=1S/C24H29F2N3O3/c1-15-6-9-20(22(30)27-15)29-13-16-12-17(7-8-18(16)23(29)31)32-21-5-3-2-4-19(21)28-11-10-24(25,26)14-28/h7-8,12,19-21H,1-6,9-11,13-14H2,(H,27,30). The average Bonchev–Trinajstić information content (AvgIpc) is 3.27. The van der Waals surface area contributed by atoms with E-state index < -0.39 is 12.0 Å². The number of ether oxygens (including phenoxy) is 1. The molecular weight excluding hydrogens is 416 g/mol. The van der Waals surface area contributed by atoms with Crippen LogP contribution in [-0.2, 0) is 11.3 Å². The Labute approximate surface area is 186 Å². The molecule has 1 N–H and O–H groups in total. The molecule has 0 spiro atoms. The number of carbonyl (C=O) groups is 2. The third-order valence-corrected chi connectivity index (χ3v) is 7.23. The van der Waals surface area contributed by atoms with Crippen molar-refractivity contribution in [1.29, 1.82) is 0 Å². The number of halogens is 2. The van der Waals surface area contributed by atoms with Crippen LogP contribution < -0.4 is 10.1 Å². The number of carbonyl (C=O) groups excluding carboxylic acids is 2. The molecule has 0 aromatic heterocycles. The van der Waals surface area contributed by atoms with E-state index in [2.05, 4.69) is 11.9 Å². The van der Waals surface area contributed by atoms with Gasteiger partial charge in [0.15, 0.2) is 0 Å². The molecule has 3 heterocycles. The van der Waals surface area contributed by atoms with E-state index in [1.807, 2.05) is 11.0 Å². The van der Waals surface area contributed by atoms with Gasteiger partial charge >= 0.3 is 0 Å². The summed E-state index contributed by atoms with van der Waals surface area (Å²) in [6, 6.07) is 4.91. The molecule has 5 rings (SSSR count). The number of benzene rings is 1. The van der Waals surface area contributed by atoms with Gasteiger partial charge in [-0.25, -0.2) is 8.78 Å². The normalized spacial score (nSPS) is 30.4. The minimum Gasteiger partial charge on any atom is -0.489 e. The van der Waals surface area contributed by atoms with Gasteiger partial charge in [-0.1, -0.05) is 13.0 Å². The van der Waals surface area contributed by atoms with E-state index in [-0.39, 0.29) is 36.9 Å². The van der Waals surface area contributed by atoms with Crippen molar-refractivity contribution >= 4 is 11.8 Å². The van der Waals surface area contributed by atoms with Gasteiger partial charge < -0.3 is 15.0 Å². The zero-order chi connectivity index (χ0) is 22.5. The molecule has 6 nitrogen and oxygen atoms in total. The maximum atomic E-state index is 13.8. The van der Waals surface area contributed by atoms with Crippen LogP contribution in [0.15, 0.2) is 30.5 Å². The van der Waals surface area contributed by atoms with Gasteiger partial charge in [0, 0.05) is 36.8 Å². The summed E-state index contributed by atoms with van der Waals surface area (Å²) < 4.78 is 33.9. The summed E-state index contributed by atoms with van der Waals surface area (Å²) in [6.45, 7) is 4.37. The largest absolute Gasteiger partial charge is 0.489 e. The third-order valence-electron chi connectivity index (χ3n) is 7.23. The number of likely N-dealkylation sites (tertiary alicyclic amines) is 1. The van der Waals surface area contributed by atoms with Crippen LogP contribution in [0.25, 0.3) is 0 Å². The highest BCUT2D eigenvalue weighted by Crippen LogP contribution is 2.36. The zero-order valence-corrected chi connectivity index (χ0v) is 18.1. The van der Waals surface area contributed by atoms with Gasteiger partial charge in [-0.15, -0.1) is 0 Å². The number of amides is 2. The molecule has 2 amide bonds. The van der Waals surface area contributed by atoms with Crippen LogP contribution in [0.1, 0.15) is 60.9 Å². The summed E-state index contributed by atoms with van der Waals surface area (Å²) >= 11 is 0. The Morgan fingerprint density at radius 1 is 1.16 bits per heavy atom. The number of hydrogen-bond acceptors (Lipinski definition) is 4. The van der Waals surface area contributed by atoms with E-state index in [1.165, 1.54) is 0 Å². The smallest absolute Gasteiger partial charge is 0.261 e. The number of alkyl halides is 2. The first-order valence-electron chi connectivity index (χ1n) is 11.5. The van der Waals surface area contributed by atoms with Crippen LogP contribution in [0.4, 0.5) is 8.78 Å².